The van der Waals surface area contributed by atoms with E-state index in [1.165, 1.54) is 4.88 Å². The Labute approximate surface area is 189 Å². The molecule has 0 aliphatic carbocycles. The molecule has 2 amide bonds. The summed E-state index contributed by atoms with van der Waals surface area (Å²) in [4.78, 5) is 33.5. The van der Waals surface area contributed by atoms with Gasteiger partial charge in [0.15, 0.2) is 0 Å². The van der Waals surface area contributed by atoms with Crippen LogP contribution in [0.4, 0.5) is 0 Å². The minimum atomic E-state index is -0.410. The topological polar surface area (TPSA) is 74.3 Å². The molecule has 6 nitrogen and oxygen atoms in total. The Morgan fingerprint density at radius 1 is 1.23 bits per heavy atom. The largest absolute Gasteiger partial charge is 0.348 e. The minimum Gasteiger partial charge on any atom is -0.348 e. The lowest BCUT2D eigenvalue weighted by molar-refractivity contribution is -0.142. The average molecular weight is 443 g/mol. The molecular weight excluding hydrogens is 408 g/mol. The normalized spacial score (nSPS) is 18.6. The van der Waals surface area contributed by atoms with Crippen LogP contribution in [0.15, 0.2) is 29.8 Å². The van der Waals surface area contributed by atoms with Gasteiger partial charge in [-0.3, -0.25) is 9.59 Å². The van der Waals surface area contributed by atoms with Crippen molar-refractivity contribution < 1.29 is 9.59 Å². The lowest BCUT2D eigenvalue weighted by Gasteiger charge is -2.35. The molecule has 1 aromatic heterocycles. The molecule has 2 unspecified atom stereocenters. The van der Waals surface area contributed by atoms with E-state index in [-0.39, 0.29) is 29.3 Å². The Kier molecular flexibility index (Phi) is 7.17. The SMILES string of the molecule is CNC(C(=O)N1CCCC1C(=O)N[C@@H](C)c1ccc(-c2scnc2C)cc1)C(C)(C)C. The summed E-state index contributed by atoms with van der Waals surface area (Å²) in [6, 6.07) is 7.38. The number of carbonyl (C=O) groups excluding carboxylic acids is 2. The van der Waals surface area contributed by atoms with E-state index in [0.29, 0.717) is 13.0 Å². The monoisotopic (exact) mass is 442 g/mol. The molecule has 3 atom stereocenters. The fourth-order valence-corrected chi connectivity index (χ4v) is 5.10. The third-order valence-electron chi connectivity index (χ3n) is 6.02. The Morgan fingerprint density at radius 2 is 1.90 bits per heavy atom. The predicted octanol–water partition coefficient (Wildman–Crippen LogP) is 3.92. The second-order valence-corrected chi connectivity index (χ2v) is 10.3. The third kappa shape index (κ3) is 5.15. The molecule has 0 saturated carbocycles. The number of amides is 2. The fraction of sp³-hybridized carbons (Fsp3) is 0.542. The summed E-state index contributed by atoms with van der Waals surface area (Å²) >= 11 is 1.63. The zero-order valence-corrected chi connectivity index (χ0v) is 20.2. The number of aromatic nitrogens is 1. The second kappa shape index (κ2) is 9.49. The van der Waals surface area contributed by atoms with Crippen LogP contribution in [-0.2, 0) is 9.59 Å². The molecule has 1 fully saturated rings. The van der Waals surface area contributed by atoms with Crippen LogP contribution in [0.2, 0.25) is 0 Å². The van der Waals surface area contributed by atoms with Gasteiger partial charge in [-0.15, -0.1) is 11.3 Å². The van der Waals surface area contributed by atoms with E-state index in [4.69, 9.17) is 0 Å². The van der Waals surface area contributed by atoms with Crippen LogP contribution in [0.25, 0.3) is 10.4 Å². The molecular formula is C24H34N4O2S. The Morgan fingerprint density at radius 3 is 2.45 bits per heavy atom. The van der Waals surface area contributed by atoms with Gasteiger partial charge in [0.1, 0.15) is 6.04 Å². The summed E-state index contributed by atoms with van der Waals surface area (Å²) < 4.78 is 0. The molecule has 2 N–H and O–H groups in total. The van der Waals surface area contributed by atoms with Crippen LogP contribution in [-0.4, -0.2) is 47.4 Å². The maximum Gasteiger partial charge on any atom is 0.243 e. The predicted molar refractivity (Wildman–Crippen MR) is 126 cm³/mol. The summed E-state index contributed by atoms with van der Waals surface area (Å²) in [5, 5.41) is 6.26. The third-order valence-corrected chi connectivity index (χ3v) is 6.99. The van der Waals surface area contributed by atoms with Crippen molar-refractivity contribution in [3.05, 3.63) is 41.0 Å². The van der Waals surface area contributed by atoms with Crippen LogP contribution in [0.3, 0.4) is 0 Å². The summed E-state index contributed by atoms with van der Waals surface area (Å²) in [5.74, 6) is -0.0749. The molecule has 1 saturated heterocycles. The molecule has 3 rings (SSSR count). The van der Waals surface area contributed by atoms with E-state index in [0.717, 1.165) is 23.2 Å². The van der Waals surface area contributed by atoms with Crippen molar-refractivity contribution in [1.82, 2.24) is 20.5 Å². The van der Waals surface area contributed by atoms with Gasteiger partial charge in [-0.25, -0.2) is 4.98 Å². The number of rotatable bonds is 6. The molecule has 1 aromatic carbocycles. The van der Waals surface area contributed by atoms with E-state index >= 15 is 0 Å². The van der Waals surface area contributed by atoms with Crippen LogP contribution >= 0.6 is 11.3 Å². The average Bonchev–Trinajstić information content (AvgIpc) is 3.36. The highest BCUT2D eigenvalue weighted by molar-refractivity contribution is 7.13. The number of benzene rings is 1. The van der Waals surface area contributed by atoms with Gasteiger partial charge in [-0.2, -0.15) is 0 Å². The maximum atomic E-state index is 13.2. The van der Waals surface area contributed by atoms with Gasteiger partial charge < -0.3 is 15.5 Å². The van der Waals surface area contributed by atoms with Crippen LogP contribution in [0.1, 0.15) is 57.8 Å². The molecule has 168 valence electrons. The van der Waals surface area contributed by atoms with E-state index in [9.17, 15) is 9.59 Å². The van der Waals surface area contributed by atoms with Gasteiger partial charge in [-0.05, 0) is 50.3 Å². The quantitative estimate of drug-likeness (QED) is 0.711. The van der Waals surface area contributed by atoms with Crippen molar-refractivity contribution in [1.29, 1.82) is 0 Å². The number of likely N-dealkylation sites (N-methyl/N-ethyl adjacent to an activating group) is 1. The van der Waals surface area contributed by atoms with Crippen molar-refractivity contribution in [2.24, 2.45) is 5.41 Å². The Bertz CT molecular complexity index is 916. The number of hydrogen-bond acceptors (Lipinski definition) is 5. The Balaban J connectivity index is 1.67. The second-order valence-electron chi connectivity index (χ2n) is 9.40. The van der Waals surface area contributed by atoms with Crippen molar-refractivity contribution in [3.63, 3.8) is 0 Å². The highest BCUT2D eigenvalue weighted by Crippen LogP contribution is 2.29. The van der Waals surface area contributed by atoms with Crippen molar-refractivity contribution >= 4 is 23.2 Å². The first-order valence-corrected chi connectivity index (χ1v) is 11.8. The zero-order valence-electron chi connectivity index (χ0n) is 19.4. The number of nitrogens with zero attached hydrogens (tertiary/aromatic N) is 2. The number of nitrogens with one attached hydrogen (secondary N) is 2. The van der Waals surface area contributed by atoms with E-state index < -0.39 is 6.04 Å². The first kappa shape index (κ1) is 23.4. The lowest BCUT2D eigenvalue weighted by Crippen LogP contribution is -2.55. The number of hydrogen-bond donors (Lipinski definition) is 2. The highest BCUT2D eigenvalue weighted by atomic mass is 32.1. The van der Waals surface area contributed by atoms with Gasteiger partial charge in [0.05, 0.1) is 28.2 Å². The van der Waals surface area contributed by atoms with E-state index in [1.807, 2.05) is 52.3 Å². The summed E-state index contributed by atoms with van der Waals surface area (Å²) in [6.07, 6.45) is 1.55. The number of aryl methyl sites for hydroxylation is 1. The summed E-state index contributed by atoms with van der Waals surface area (Å²) in [6.45, 7) is 10.7. The minimum absolute atomic E-state index is 0.00424. The van der Waals surface area contributed by atoms with E-state index in [1.54, 1.807) is 23.3 Å². The fourth-order valence-electron chi connectivity index (χ4n) is 4.29. The molecule has 0 spiro atoms. The number of carbonyl (C=O) groups is 2. The van der Waals surface area contributed by atoms with Crippen molar-refractivity contribution in [3.8, 4) is 10.4 Å². The smallest absolute Gasteiger partial charge is 0.243 e. The first-order chi connectivity index (χ1) is 14.6. The zero-order chi connectivity index (χ0) is 22.8. The molecule has 7 heteroatoms. The molecule has 0 radical (unpaired) electrons. The van der Waals surface area contributed by atoms with Gasteiger partial charge in [-0.1, -0.05) is 45.0 Å². The molecule has 1 aliphatic heterocycles. The van der Waals surface area contributed by atoms with Gasteiger partial charge in [0, 0.05) is 6.54 Å². The van der Waals surface area contributed by atoms with Crippen LogP contribution in [0.5, 0.6) is 0 Å². The van der Waals surface area contributed by atoms with E-state index in [2.05, 4.69) is 27.8 Å². The molecule has 1 aliphatic rings. The standard InChI is InChI=1S/C24H34N4O2S/c1-15(17-9-11-18(12-10-17)20-16(2)26-14-31-20)27-22(29)19-8-7-13-28(19)23(30)21(25-6)24(3,4)5/h9-12,14-15,19,21,25H,7-8,13H2,1-6H3,(H,27,29)/t15-,19?,21?/m0/s1. The van der Waals surface area contributed by atoms with Gasteiger partial charge in [0.2, 0.25) is 11.8 Å². The molecule has 31 heavy (non-hydrogen) atoms. The van der Waals surface area contributed by atoms with Crippen LogP contribution in [0, 0.1) is 12.3 Å². The molecule has 2 aromatic rings. The molecule has 0 bridgehead atoms. The number of likely N-dealkylation sites (tertiary alicyclic amines) is 1. The van der Waals surface area contributed by atoms with Gasteiger partial charge in [0.25, 0.3) is 0 Å². The van der Waals surface area contributed by atoms with Crippen LogP contribution < -0.4 is 10.6 Å². The van der Waals surface area contributed by atoms with Crippen molar-refractivity contribution in [2.45, 2.75) is 65.6 Å². The number of thiazole rings is 1. The maximum absolute atomic E-state index is 13.2. The Hall–Kier alpha value is -2.25. The summed E-state index contributed by atoms with van der Waals surface area (Å²) in [7, 11) is 1.80. The van der Waals surface area contributed by atoms with Crippen molar-refractivity contribution in [2.75, 3.05) is 13.6 Å². The summed E-state index contributed by atoms with van der Waals surface area (Å²) in [5.41, 5.74) is 4.84. The lowest BCUT2D eigenvalue weighted by atomic mass is 9.86. The highest BCUT2D eigenvalue weighted by Gasteiger charge is 2.40. The van der Waals surface area contributed by atoms with Gasteiger partial charge >= 0.3 is 0 Å². The first-order valence-electron chi connectivity index (χ1n) is 10.9. The molecule has 2 heterocycles.